The van der Waals surface area contributed by atoms with E-state index in [1.54, 1.807) is 4.90 Å². The fourth-order valence-electron chi connectivity index (χ4n) is 3.83. The summed E-state index contributed by atoms with van der Waals surface area (Å²) in [4.78, 5) is 25.7. The predicted molar refractivity (Wildman–Crippen MR) is 88.0 cm³/mol. The smallest absolute Gasteiger partial charge is 0.410 e. The molecule has 2 fully saturated rings. The summed E-state index contributed by atoms with van der Waals surface area (Å²) >= 11 is 0. The van der Waals surface area contributed by atoms with Crippen LogP contribution >= 0.6 is 0 Å². The van der Waals surface area contributed by atoms with E-state index >= 15 is 0 Å². The summed E-state index contributed by atoms with van der Waals surface area (Å²) in [5.41, 5.74) is -0.131. The molecule has 0 aromatic rings. The van der Waals surface area contributed by atoms with Crippen LogP contribution in [0.15, 0.2) is 0 Å². The molecule has 0 aromatic heterocycles. The minimum atomic E-state index is -0.454. The van der Waals surface area contributed by atoms with Crippen LogP contribution in [0.2, 0.25) is 0 Å². The van der Waals surface area contributed by atoms with Crippen LogP contribution in [0.4, 0.5) is 4.79 Å². The zero-order valence-corrected chi connectivity index (χ0v) is 15.2. The number of esters is 1. The number of ether oxygens (including phenoxy) is 2. The molecule has 0 N–H and O–H groups in total. The highest BCUT2D eigenvalue weighted by Crippen LogP contribution is 2.54. The van der Waals surface area contributed by atoms with E-state index in [2.05, 4.69) is 0 Å². The minimum absolute atomic E-state index is 0.0379. The number of carbonyl (C=O) groups is 2. The van der Waals surface area contributed by atoms with E-state index in [4.69, 9.17) is 9.47 Å². The van der Waals surface area contributed by atoms with Gasteiger partial charge in [0.05, 0.1) is 12.5 Å². The molecular weight excluding hydrogens is 294 g/mol. The molecule has 132 valence electrons. The second-order valence-electron chi connectivity index (χ2n) is 8.18. The monoisotopic (exact) mass is 325 g/mol. The zero-order valence-electron chi connectivity index (χ0n) is 15.2. The van der Waals surface area contributed by atoms with E-state index < -0.39 is 5.60 Å². The largest absolute Gasteiger partial charge is 0.466 e. The van der Waals surface area contributed by atoms with Gasteiger partial charge in [-0.1, -0.05) is 0 Å². The van der Waals surface area contributed by atoms with Crippen LogP contribution in [0.1, 0.15) is 66.2 Å². The summed E-state index contributed by atoms with van der Waals surface area (Å²) < 4.78 is 10.6. The van der Waals surface area contributed by atoms with Crippen LogP contribution in [-0.2, 0) is 14.3 Å². The van der Waals surface area contributed by atoms with Crippen molar-refractivity contribution in [2.45, 2.75) is 77.9 Å². The van der Waals surface area contributed by atoms with Gasteiger partial charge in [-0.2, -0.15) is 0 Å². The average Bonchev–Trinajstić information content (AvgIpc) is 2.42. The Kier molecular flexibility index (Phi) is 5.27. The first-order valence-corrected chi connectivity index (χ1v) is 8.78. The fraction of sp³-hybridized carbons (Fsp3) is 0.889. The molecule has 5 nitrogen and oxygen atoms in total. The molecule has 0 saturated heterocycles. The highest BCUT2D eigenvalue weighted by atomic mass is 16.6. The van der Waals surface area contributed by atoms with Crippen molar-refractivity contribution in [3.63, 3.8) is 0 Å². The lowest BCUT2D eigenvalue weighted by Gasteiger charge is -2.53. The van der Waals surface area contributed by atoms with Gasteiger partial charge >= 0.3 is 12.1 Å². The maximum atomic E-state index is 12.1. The Morgan fingerprint density at radius 2 is 1.74 bits per heavy atom. The first kappa shape index (κ1) is 18.1. The van der Waals surface area contributed by atoms with E-state index in [9.17, 15) is 9.59 Å². The molecule has 0 atom stereocenters. The highest BCUT2D eigenvalue weighted by Gasteiger charge is 2.49. The lowest BCUT2D eigenvalue weighted by Crippen LogP contribution is -2.53. The van der Waals surface area contributed by atoms with Crippen LogP contribution in [0.25, 0.3) is 0 Å². The van der Waals surface area contributed by atoms with Crippen molar-refractivity contribution in [1.82, 2.24) is 4.90 Å². The Hall–Kier alpha value is -1.26. The van der Waals surface area contributed by atoms with Crippen molar-refractivity contribution in [3.8, 4) is 0 Å². The summed E-state index contributed by atoms with van der Waals surface area (Å²) in [6.45, 7) is 7.97. The fourth-order valence-corrected chi connectivity index (χ4v) is 3.83. The van der Waals surface area contributed by atoms with Crippen molar-refractivity contribution < 1.29 is 19.1 Å². The van der Waals surface area contributed by atoms with Gasteiger partial charge in [0.1, 0.15) is 5.60 Å². The number of hydrogen-bond acceptors (Lipinski definition) is 4. The van der Waals surface area contributed by atoms with Crippen LogP contribution in [0.3, 0.4) is 0 Å². The molecular formula is C18H31NO4. The van der Waals surface area contributed by atoms with E-state index in [0.29, 0.717) is 12.0 Å². The van der Waals surface area contributed by atoms with Gasteiger partial charge in [-0.05, 0) is 71.6 Å². The lowest BCUT2D eigenvalue weighted by molar-refractivity contribution is -0.151. The summed E-state index contributed by atoms with van der Waals surface area (Å²) in [5.74, 6) is 0.0345. The predicted octanol–water partition coefficient (Wildman–Crippen LogP) is 3.76. The van der Waals surface area contributed by atoms with E-state index in [-0.39, 0.29) is 24.0 Å². The number of rotatable bonds is 3. The standard InChI is InChI=1S/C18H31NO4/c1-6-22-15(20)13-7-9-18(10-8-13)11-14(12-18)19(5)16(21)23-17(2,3)4/h13-14H,6-12H2,1-5H3. The maximum absolute atomic E-state index is 12.1. The van der Waals surface area contributed by atoms with Crippen LogP contribution < -0.4 is 0 Å². The third-order valence-electron chi connectivity index (χ3n) is 5.23. The van der Waals surface area contributed by atoms with Crippen molar-refractivity contribution in [2.24, 2.45) is 11.3 Å². The summed E-state index contributed by atoms with van der Waals surface area (Å²) in [5, 5.41) is 0. The highest BCUT2D eigenvalue weighted by molar-refractivity contribution is 5.72. The second kappa shape index (κ2) is 6.70. The Bertz CT molecular complexity index is 438. The SMILES string of the molecule is CCOC(=O)C1CCC2(CC1)CC(N(C)C(=O)OC(C)(C)C)C2. The van der Waals surface area contributed by atoms with Crippen molar-refractivity contribution in [3.05, 3.63) is 0 Å². The van der Waals surface area contributed by atoms with Gasteiger partial charge in [-0.15, -0.1) is 0 Å². The Labute approximate surface area is 139 Å². The van der Waals surface area contributed by atoms with Crippen molar-refractivity contribution >= 4 is 12.1 Å². The van der Waals surface area contributed by atoms with Gasteiger partial charge in [-0.3, -0.25) is 4.79 Å². The molecule has 1 spiro atoms. The molecule has 0 radical (unpaired) electrons. The molecule has 0 heterocycles. The maximum Gasteiger partial charge on any atom is 0.410 e. The molecule has 2 aliphatic carbocycles. The first-order valence-electron chi connectivity index (χ1n) is 8.78. The van der Waals surface area contributed by atoms with Gasteiger partial charge in [0.25, 0.3) is 0 Å². The number of amides is 1. The molecule has 23 heavy (non-hydrogen) atoms. The average molecular weight is 325 g/mol. The van der Waals surface area contributed by atoms with Crippen LogP contribution in [0.5, 0.6) is 0 Å². The molecule has 0 unspecified atom stereocenters. The van der Waals surface area contributed by atoms with Crippen LogP contribution in [-0.4, -0.2) is 42.3 Å². The van der Waals surface area contributed by atoms with Gasteiger partial charge in [0.2, 0.25) is 0 Å². The molecule has 1 amide bonds. The summed E-state index contributed by atoms with van der Waals surface area (Å²) in [7, 11) is 1.83. The molecule has 5 heteroatoms. The Balaban J connectivity index is 1.78. The Morgan fingerprint density at radius 3 is 2.22 bits per heavy atom. The zero-order chi connectivity index (χ0) is 17.3. The number of carbonyl (C=O) groups excluding carboxylic acids is 2. The van der Waals surface area contributed by atoms with Gasteiger partial charge in [0, 0.05) is 13.1 Å². The molecule has 0 aliphatic heterocycles. The van der Waals surface area contributed by atoms with Gasteiger partial charge in [-0.25, -0.2) is 4.79 Å². The quantitative estimate of drug-likeness (QED) is 0.742. The van der Waals surface area contributed by atoms with Gasteiger partial charge in [0.15, 0.2) is 0 Å². The molecule has 2 aliphatic rings. The molecule has 2 saturated carbocycles. The number of hydrogen-bond donors (Lipinski definition) is 0. The molecule has 0 bridgehead atoms. The Morgan fingerprint density at radius 1 is 1.17 bits per heavy atom. The normalized spacial score (nSPS) is 30.5. The van der Waals surface area contributed by atoms with E-state index in [0.717, 1.165) is 38.5 Å². The summed E-state index contributed by atoms with van der Waals surface area (Å²) in [6, 6.07) is 0.268. The summed E-state index contributed by atoms with van der Waals surface area (Å²) in [6.07, 6.45) is 5.78. The van der Waals surface area contributed by atoms with Crippen molar-refractivity contribution in [1.29, 1.82) is 0 Å². The minimum Gasteiger partial charge on any atom is -0.466 e. The molecule has 0 aromatic carbocycles. The third-order valence-corrected chi connectivity index (χ3v) is 5.23. The second-order valence-corrected chi connectivity index (χ2v) is 8.18. The first-order chi connectivity index (χ1) is 10.7. The van der Waals surface area contributed by atoms with Gasteiger partial charge < -0.3 is 14.4 Å². The lowest BCUT2D eigenvalue weighted by atomic mass is 9.56. The van der Waals surface area contributed by atoms with E-state index in [1.807, 2.05) is 34.7 Å². The molecule has 2 rings (SSSR count). The van der Waals surface area contributed by atoms with Crippen LogP contribution in [0, 0.1) is 11.3 Å². The number of nitrogens with zero attached hydrogens (tertiary/aromatic N) is 1. The van der Waals surface area contributed by atoms with E-state index in [1.165, 1.54) is 0 Å². The topological polar surface area (TPSA) is 55.8 Å². The van der Waals surface area contributed by atoms with Crippen molar-refractivity contribution in [2.75, 3.05) is 13.7 Å². The third kappa shape index (κ3) is 4.39.